The first kappa shape index (κ1) is 22.8. The van der Waals surface area contributed by atoms with Gasteiger partial charge in [0, 0.05) is 6.54 Å². The molecule has 0 saturated heterocycles. The summed E-state index contributed by atoms with van der Waals surface area (Å²) < 4.78 is 40.4. The van der Waals surface area contributed by atoms with Crippen molar-refractivity contribution in [3.63, 3.8) is 0 Å². The smallest absolute Gasteiger partial charge is 0.305 e. The number of sulfonamides is 1. The van der Waals surface area contributed by atoms with Gasteiger partial charge in [-0.25, -0.2) is 12.8 Å². The lowest BCUT2D eigenvalue weighted by molar-refractivity contribution is -0.138. The van der Waals surface area contributed by atoms with Gasteiger partial charge in [-0.1, -0.05) is 64.7 Å². The predicted molar refractivity (Wildman–Crippen MR) is 107 cm³/mol. The van der Waals surface area contributed by atoms with Gasteiger partial charge < -0.3 is 5.11 Å². The normalized spacial score (nSPS) is 18.3. The number of carboxylic acids is 1. The third-order valence-electron chi connectivity index (χ3n) is 5.37. The number of fused-ring (bicyclic) bond motifs is 1. The van der Waals surface area contributed by atoms with E-state index in [2.05, 4.69) is 6.92 Å². The molecule has 1 aliphatic heterocycles. The summed E-state index contributed by atoms with van der Waals surface area (Å²) in [6.45, 7) is 2.48. The number of nitrogens with zero attached hydrogens (tertiary/aromatic N) is 1. The Kier molecular flexibility index (Phi) is 8.89. The molecule has 0 spiro atoms. The average Bonchev–Trinajstić information content (AvgIpc) is 2.83. The summed E-state index contributed by atoms with van der Waals surface area (Å²) in [5.41, 5.74) is 0.259. The van der Waals surface area contributed by atoms with Gasteiger partial charge in [-0.15, -0.1) is 0 Å². The fourth-order valence-corrected chi connectivity index (χ4v) is 5.75. The molecule has 1 heterocycles. The zero-order chi connectivity index (χ0) is 20.6. The number of carbonyl (C=O) groups is 1. The molecule has 0 bridgehead atoms. The van der Waals surface area contributed by atoms with E-state index in [1.807, 2.05) is 0 Å². The van der Waals surface area contributed by atoms with Crippen LogP contribution in [0.5, 0.6) is 0 Å². The Bertz CT molecular complexity index is 751. The number of aliphatic carboxylic acids is 1. The van der Waals surface area contributed by atoms with Gasteiger partial charge in [-0.2, -0.15) is 4.31 Å². The highest BCUT2D eigenvalue weighted by molar-refractivity contribution is 7.89. The number of unbranched alkanes of at least 4 members (excludes halogenated alkanes) is 9. The van der Waals surface area contributed by atoms with Crippen LogP contribution in [0.2, 0.25) is 0 Å². The van der Waals surface area contributed by atoms with E-state index in [0.29, 0.717) is 6.42 Å². The first-order valence-electron chi connectivity index (χ1n) is 10.4. The SMILES string of the molecule is CCCCCCCCCCCCN1[C@@H](CC(=O)O)c2cc(F)ccc2S1(=O)=O. The maximum Gasteiger partial charge on any atom is 0.305 e. The van der Waals surface area contributed by atoms with Crippen molar-refractivity contribution in [2.75, 3.05) is 6.54 Å². The van der Waals surface area contributed by atoms with Crippen LogP contribution in [-0.4, -0.2) is 30.3 Å². The van der Waals surface area contributed by atoms with Crippen LogP contribution in [-0.2, 0) is 14.8 Å². The topological polar surface area (TPSA) is 74.7 Å². The molecule has 0 aromatic heterocycles. The zero-order valence-electron chi connectivity index (χ0n) is 16.7. The zero-order valence-corrected chi connectivity index (χ0v) is 17.5. The van der Waals surface area contributed by atoms with E-state index in [0.717, 1.165) is 31.4 Å². The summed E-state index contributed by atoms with van der Waals surface area (Å²) in [6.07, 6.45) is 11.0. The minimum Gasteiger partial charge on any atom is -0.481 e. The second-order valence-electron chi connectivity index (χ2n) is 7.59. The van der Waals surface area contributed by atoms with Crippen LogP contribution in [0.25, 0.3) is 0 Å². The Morgan fingerprint density at radius 3 is 2.18 bits per heavy atom. The largest absolute Gasteiger partial charge is 0.481 e. The average molecular weight is 414 g/mol. The lowest BCUT2D eigenvalue weighted by atomic mass is 10.0. The molecule has 0 radical (unpaired) electrons. The lowest BCUT2D eigenvalue weighted by Gasteiger charge is -2.22. The molecule has 158 valence electrons. The van der Waals surface area contributed by atoms with Crippen molar-refractivity contribution in [3.8, 4) is 0 Å². The highest BCUT2D eigenvalue weighted by Crippen LogP contribution is 2.41. The van der Waals surface area contributed by atoms with E-state index in [1.165, 1.54) is 48.9 Å². The van der Waals surface area contributed by atoms with Crippen LogP contribution in [0.1, 0.15) is 89.2 Å². The molecule has 1 aromatic carbocycles. The molecular weight excluding hydrogens is 381 g/mol. The molecule has 0 unspecified atom stereocenters. The van der Waals surface area contributed by atoms with Crippen LogP contribution < -0.4 is 0 Å². The molecule has 5 nitrogen and oxygen atoms in total. The Hall–Kier alpha value is -1.47. The maximum absolute atomic E-state index is 13.6. The van der Waals surface area contributed by atoms with Crippen molar-refractivity contribution < 1.29 is 22.7 Å². The Morgan fingerprint density at radius 1 is 1.04 bits per heavy atom. The second-order valence-corrected chi connectivity index (χ2v) is 9.45. The highest BCUT2D eigenvalue weighted by Gasteiger charge is 2.43. The summed E-state index contributed by atoms with van der Waals surface area (Å²) >= 11 is 0. The van der Waals surface area contributed by atoms with Gasteiger partial charge in [-0.3, -0.25) is 4.79 Å². The van der Waals surface area contributed by atoms with Gasteiger partial charge in [-0.05, 0) is 30.2 Å². The monoisotopic (exact) mass is 413 g/mol. The van der Waals surface area contributed by atoms with Gasteiger partial charge >= 0.3 is 5.97 Å². The molecule has 1 atom stereocenters. The van der Waals surface area contributed by atoms with Crippen molar-refractivity contribution in [3.05, 3.63) is 29.6 Å². The van der Waals surface area contributed by atoms with Gasteiger partial charge in [0.05, 0.1) is 17.4 Å². The minimum atomic E-state index is -3.76. The molecule has 0 aliphatic carbocycles. The molecule has 7 heteroatoms. The Morgan fingerprint density at radius 2 is 1.61 bits per heavy atom. The summed E-state index contributed by atoms with van der Waals surface area (Å²) in [5, 5.41) is 9.19. The number of rotatable bonds is 13. The predicted octanol–water partition coefficient (Wildman–Crippen LogP) is 5.27. The standard InChI is InChI=1S/C21H32FNO4S/c1-2-3-4-5-6-7-8-9-10-11-14-23-19(16-21(24)25)18-15-17(22)12-13-20(18)28(23,26)27/h12-13,15,19H,2-11,14,16H2,1H3,(H,24,25)/t19-/m0/s1. The maximum atomic E-state index is 13.6. The van der Waals surface area contributed by atoms with Crippen molar-refractivity contribution in [2.45, 2.75) is 88.5 Å². The quantitative estimate of drug-likeness (QED) is 0.447. The highest BCUT2D eigenvalue weighted by atomic mass is 32.2. The van der Waals surface area contributed by atoms with Crippen LogP contribution in [0.15, 0.2) is 23.1 Å². The molecule has 1 aliphatic rings. The molecule has 0 fully saturated rings. The second kappa shape index (κ2) is 10.9. The van der Waals surface area contributed by atoms with Gasteiger partial charge in [0.25, 0.3) is 0 Å². The van der Waals surface area contributed by atoms with Crippen molar-refractivity contribution in [2.24, 2.45) is 0 Å². The number of halogens is 1. The number of hydrogen-bond acceptors (Lipinski definition) is 3. The van der Waals surface area contributed by atoms with Crippen LogP contribution in [0, 0.1) is 5.82 Å². The van der Waals surface area contributed by atoms with E-state index >= 15 is 0 Å². The Labute approximate surface area is 168 Å². The molecule has 0 amide bonds. The molecule has 1 aromatic rings. The fourth-order valence-electron chi connectivity index (χ4n) is 3.87. The summed E-state index contributed by atoms with van der Waals surface area (Å²) in [5.74, 6) is -1.64. The molecule has 0 saturated carbocycles. The summed E-state index contributed by atoms with van der Waals surface area (Å²) in [4.78, 5) is 11.3. The van der Waals surface area contributed by atoms with Crippen molar-refractivity contribution >= 4 is 16.0 Å². The molecule has 1 N–H and O–H groups in total. The van der Waals surface area contributed by atoms with E-state index in [9.17, 15) is 22.7 Å². The van der Waals surface area contributed by atoms with Gasteiger partial charge in [0.15, 0.2) is 0 Å². The van der Waals surface area contributed by atoms with E-state index in [-0.39, 0.29) is 23.4 Å². The molecule has 2 rings (SSSR count). The molecular formula is C21H32FNO4S. The summed E-state index contributed by atoms with van der Waals surface area (Å²) in [7, 11) is -3.76. The third kappa shape index (κ3) is 6.01. The van der Waals surface area contributed by atoms with Gasteiger partial charge in [0.1, 0.15) is 5.82 Å². The minimum absolute atomic E-state index is 0.0345. The Balaban J connectivity index is 1.85. The first-order valence-corrected chi connectivity index (χ1v) is 11.8. The first-order chi connectivity index (χ1) is 13.4. The van der Waals surface area contributed by atoms with E-state index < -0.39 is 27.9 Å². The fraction of sp³-hybridized carbons (Fsp3) is 0.667. The van der Waals surface area contributed by atoms with Crippen LogP contribution in [0.3, 0.4) is 0 Å². The van der Waals surface area contributed by atoms with Crippen LogP contribution in [0.4, 0.5) is 4.39 Å². The van der Waals surface area contributed by atoms with Gasteiger partial charge in [0.2, 0.25) is 10.0 Å². The molecule has 28 heavy (non-hydrogen) atoms. The van der Waals surface area contributed by atoms with Crippen molar-refractivity contribution in [1.82, 2.24) is 4.31 Å². The van der Waals surface area contributed by atoms with Crippen LogP contribution >= 0.6 is 0 Å². The number of carboxylic acid groups (broad SMARTS) is 1. The summed E-state index contributed by atoms with van der Waals surface area (Å²) in [6, 6.07) is 2.68. The lowest BCUT2D eigenvalue weighted by Crippen LogP contribution is -2.30. The third-order valence-corrected chi connectivity index (χ3v) is 7.35. The van der Waals surface area contributed by atoms with E-state index in [4.69, 9.17) is 0 Å². The number of hydrogen-bond donors (Lipinski definition) is 1. The number of benzene rings is 1. The van der Waals surface area contributed by atoms with Crippen molar-refractivity contribution in [1.29, 1.82) is 0 Å². The van der Waals surface area contributed by atoms with E-state index in [1.54, 1.807) is 0 Å².